The standard InChI is InChI=1S/C17H20N4O2S/c1-10-7-11(2)17(12(3)8-10)19-15(23)9-24-16-6-5-14(20-21-16)18-13(4)22/h5-8H,9H2,1-4H3,(H,19,23)(H,18,20,22). The molecule has 2 amide bonds. The van der Waals surface area contributed by atoms with Crippen LogP contribution < -0.4 is 10.6 Å². The number of anilines is 2. The van der Waals surface area contributed by atoms with E-state index in [1.165, 1.54) is 24.2 Å². The quantitative estimate of drug-likeness (QED) is 0.814. The van der Waals surface area contributed by atoms with Gasteiger partial charge in [-0.25, -0.2) is 0 Å². The van der Waals surface area contributed by atoms with Gasteiger partial charge in [0, 0.05) is 12.6 Å². The molecule has 0 aliphatic carbocycles. The maximum absolute atomic E-state index is 12.2. The van der Waals surface area contributed by atoms with E-state index in [0.717, 1.165) is 16.8 Å². The first-order chi connectivity index (χ1) is 11.3. The molecule has 0 unspecified atom stereocenters. The monoisotopic (exact) mass is 344 g/mol. The fourth-order valence-electron chi connectivity index (χ4n) is 2.34. The lowest BCUT2D eigenvalue weighted by Crippen LogP contribution is -2.16. The number of benzene rings is 1. The number of hydrogen-bond donors (Lipinski definition) is 2. The Morgan fingerprint density at radius 2 is 1.71 bits per heavy atom. The van der Waals surface area contributed by atoms with Crippen LogP contribution in [-0.2, 0) is 9.59 Å². The summed E-state index contributed by atoms with van der Waals surface area (Å²) >= 11 is 1.29. The first kappa shape index (κ1) is 17.9. The molecule has 0 aliphatic heterocycles. The molecule has 2 N–H and O–H groups in total. The van der Waals surface area contributed by atoms with E-state index in [4.69, 9.17) is 0 Å². The molecular formula is C17H20N4O2S. The highest BCUT2D eigenvalue weighted by Gasteiger charge is 2.09. The molecule has 6 nitrogen and oxygen atoms in total. The lowest BCUT2D eigenvalue weighted by atomic mass is 10.1. The summed E-state index contributed by atoms with van der Waals surface area (Å²) in [5, 5.41) is 14.0. The van der Waals surface area contributed by atoms with E-state index >= 15 is 0 Å². The van der Waals surface area contributed by atoms with E-state index in [2.05, 4.69) is 20.8 Å². The van der Waals surface area contributed by atoms with Gasteiger partial charge in [-0.2, -0.15) is 0 Å². The molecule has 0 saturated heterocycles. The van der Waals surface area contributed by atoms with Crippen LogP contribution in [0.4, 0.5) is 11.5 Å². The molecule has 0 saturated carbocycles. The summed E-state index contributed by atoms with van der Waals surface area (Å²) in [5.41, 5.74) is 4.13. The van der Waals surface area contributed by atoms with Gasteiger partial charge in [-0.3, -0.25) is 9.59 Å². The minimum atomic E-state index is -0.201. The van der Waals surface area contributed by atoms with E-state index < -0.39 is 0 Å². The largest absolute Gasteiger partial charge is 0.325 e. The van der Waals surface area contributed by atoms with Crippen LogP contribution in [0.3, 0.4) is 0 Å². The van der Waals surface area contributed by atoms with Crippen molar-refractivity contribution in [1.29, 1.82) is 0 Å². The van der Waals surface area contributed by atoms with Crippen molar-refractivity contribution in [1.82, 2.24) is 10.2 Å². The summed E-state index contributed by atoms with van der Waals surface area (Å²) < 4.78 is 0. The predicted octanol–water partition coefficient (Wildman–Crippen LogP) is 3.09. The number of aryl methyl sites for hydroxylation is 3. The van der Waals surface area contributed by atoms with Crippen molar-refractivity contribution in [2.75, 3.05) is 16.4 Å². The summed E-state index contributed by atoms with van der Waals surface area (Å²) in [5.74, 6) is 0.332. The lowest BCUT2D eigenvalue weighted by Gasteiger charge is -2.12. The third-order valence-corrected chi connectivity index (χ3v) is 4.16. The van der Waals surface area contributed by atoms with Gasteiger partial charge in [0.15, 0.2) is 5.82 Å². The van der Waals surface area contributed by atoms with Crippen LogP contribution in [0, 0.1) is 20.8 Å². The zero-order valence-electron chi connectivity index (χ0n) is 14.1. The molecule has 0 bridgehead atoms. The zero-order valence-corrected chi connectivity index (χ0v) is 15.0. The Hall–Kier alpha value is -2.41. The van der Waals surface area contributed by atoms with E-state index in [9.17, 15) is 9.59 Å². The van der Waals surface area contributed by atoms with Gasteiger partial charge in [-0.15, -0.1) is 10.2 Å². The van der Waals surface area contributed by atoms with Gasteiger partial charge in [0.1, 0.15) is 5.03 Å². The third-order valence-electron chi connectivity index (χ3n) is 3.24. The Balaban J connectivity index is 1.93. The van der Waals surface area contributed by atoms with Crippen molar-refractivity contribution in [2.45, 2.75) is 32.7 Å². The minimum Gasteiger partial charge on any atom is -0.325 e. The zero-order chi connectivity index (χ0) is 17.7. The van der Waals surface area contributed by atoms with Gasteiger partial charge in [0.25, 0.3) is 0 Å². The normalized spacial score (nSPS) is 10.3. The maximum atomic E-state index is 12.2. The Bertz CT molecular complexity index is 737. The molecule has 7 heteroatoms. The van der Waals surface area contributed by atoms with Crippen molar-refractivity contribution in [3.8, 4) is 0 Å². The van der Waals surface area contributed by atoms with Crippen molar-refractivity contribution in [2.24, 2.45) is 0 Å². The Kier molecular flexibility index (Phi) is 5.92. The highest BCUT2D eigenvalue weighted by atomic mass is 32.2. The number of thioether (sulfide) groups is 1. The number of carbonyl (C=O) groups excluding carboxylic acids is 2. The molecule has 2 rings (SSSR count). The molecule has 0 spiro atoms. The number of rotatable bonds is 5. The first-order valence-electron chi connectivity index (χ1n) is 7.47. The van der Waals surface area contributed by atoms with Crippen LogP contribution in [0.2, 0.25) is 0 Å². The van der Waals surface area contributed by atoms with Gasteiger partial charge in [-0.1, -0.05) is 29.5 Å². The third kappa shape index (κ3) is 5.06. The van der Waals surface area contributed by atoms with E-state index in [1.807, 2.05) is 32.9 Å². The maximum Gasteiger partial charge on any atom is 0.234 e. The summed E-state index contributed by atoms with van der Waals surface area (Å²) in [7, 11) is 0. The predicted molar refractivity (Wildman–Crippen MR) is 96.3 cm³/mol. The molecule has 1 aromatic carbocycles. The Morgan fingerprint density at radius 1 is 1.04 bits per heavy atom. The number of nitrogens with zero attached hydrogens (tertiary/aromatic N) is 2. The van der Waals surface area contributed by atoms with Crippen LogP contribution >= 0.6 is 11.8 Å². The summed E-state index contributed by atoms with van der Waals surface area (Å²) in [6.45, 7) is 7.40. The summed E-state index contributed by atoms with van der Waals surface area (Å²) in [4.78, 5) is 23.1. The Morgan fingerprint density at radius 3 is 2.25 bits per heavy atom. The van der Waals surface area contributed by atoms with Crippen LogP contribution in [0.25, 0.3) is 0 Å². The average molecular weight is 344 g/mol. The van der Waals surface area contributed by atoms with E-state index in [1.54, 1.807) is 12.1 Å². The SMILES string of the molecule is CC(=O)Nc1ccc(SCC(=O)Nc2c(C)cc(C)cc2C)nn1. The van der Waals surface area contributed by atoms with Crippen LogP contribution in [-0.4, -0.2) is 27.8 Å². The smallest absolute Gasteiger partial charge is 0.234 e. The highest BCUT2D eigenvalue weighted by Crippen LogP contribution is 2.23. The van der Waals surface area contributed by atoms with Gasteiger partial charge in [0.05, 0.1) is 5.75 Å². The van der Waals surface area contributed by atoms with E-state index in [0.29, 0.717) is 10.8 Å². The number of carbonyl (C=O) groups is 2. The molecule has 0 fully saturated rings. The fraction of sp³-hybridized carbons (Fsp3) is 0.294. The highest BCUT2D eigenvalue weighted by molar-refractivity contribution is 7.99. The molecule has 1 heterocycles. The molecular weight excluding hydrogens is 324 g/mol. The fourth-order valence-corrected chi connectivity index (χ4v) is 2.95. The van der Waals surface area contributed by atoms with Crippen molar-refractivity contribution in [3.05, 3.63) is 41.0 Å². The summed E-state index contributed by atoms with van der Waals surface area (Å²) in [6.07, 6.45) is 0. The number of aromatic nitrogens is 2. The summed E-state index contributed by atoms with van der Waals surface area (Å²) in [6, 6.07) is 7.46. The van der Waals surface area contributed by atoms with Gasteiger partial charge in [0.2, 0.25) is 11.8 Å². The number of hydrogen-bond acceptors (Lipinski definition) is 5. The molecule has 1 aromatic heterocycles. The second-order valence-electron chi connectivity index (χ2n) is 5.55. The average Bonchev–Trinajstić information content (AvgIpc) is 2.49. The molecule has 24 heavy (non-hydrogen) atoms. The van der Waals surface area contributed by atoms with Crippen molar-refractivity contribution < 1.29 is 9.59 Å². The van der Waals surface area contributed by atoms with Crippen molar-refractivity contribution >= 4 is 35.1 Å². The second kappa shape index (κ2) is 7.92. The molecule has 0 aliphatic rings. The lowest BCUT2D eigenvalue weighted by molar-refractivity contribution is -0.114. The molecule has 126 valence electrons. The number of nitrogens with one attached hydrogen (secondary N) is 2. The van der Waals surface area contributed by atoms with Crippen LogP contribution in [0.5, 0.6) is 0 Å². The Labute approximate surface area is 145 Å². The second-order valence-corrected chi connectivity index (χ2v) is 6.54. The van der Waals surface area contributed by atoms with Crippen LogP contribution in [0.1, 0.15) is 23.6 Å². The molecule has 0 atom stereocenters. The molecule has 0 radical (unpaired) electrons. The van der Waals surface area contributed by atoms with Gasteiger partial charge >= 0.3 is 0 Å². The topological polar surface area (TPSA) is 84.0 Å². The molecule has 2 aromatic rings. The number of amides is 2. The van der Waals surface area contributed by atoms with E-state index in [-0.39, 0.29) is 17.6 Å². The minimum absolute atomic E-state index is 0.0946. The van der Waals surface area contributed by atoms with Gasteiger partial charge in [-0.05, 0) is 44.0 Å². The first-order valence-corrected chi connectivity index (χ1v) is 8.45. The van der Waals surface area contributed by atoms with Crippen molar-refractivity contribution in [3.63, 3.8) is 0 Å². The van der Waals surface area contributed by atoms with Crippen LogP contribution in [0.15, 0.2) is 29.3 Å². The van der Waals surface area contributed by atoms with Gasteiger partial charge < -0.3 is 10.6 Å².